The van der Waals surface area contributed by atoms with Gasteiger partial charge in [0.2, 0.25) is 5.91 Å². The molecule has 1 aliphatic carbocycles. The van der Waals surface area contributed by atoms with E-state index in [4.69, 9.17) is 0 Å². The predicted octanol–water partition coefficient (Wildman–Crippen LogP) is 2.76. The maximum absolute atomic E-state index is 12.7. The fourth-order valence-electron chi connectivity index (χ4n) is 4.01. The van der Waals surface area contributed by atoms with Gasteiger partial charge in [0.25, 0.3) is 5.91 Å². The predicted molar refractivity (Wildman–Crippen MR) is 85.9 cm³/mol. The van der Waals surface area contributed by atoms with Crippen molar-refractivity contribution in [2.75, 3.05) is 19.6 Å². The van der Waals surface area contributed by atoms with Crippen molar-refractivity contribution in [2.45, 2.75) is 44.1 Å². The Morgan fingerprint density at radius 3 is 2.95 bits per heavy atom. The van der Waals surface area contributed by atoms with E-state index in [-0.39, 0.29) is 11.4 Å². The molecular weight excluding hydrogens is 296 g/mol. The SMILES string of the molecule is O=C(c1ccsc1)N1CCC[C@]2(CCC(=O)N2CC2CC2)C1. The van der Waals surface area contributed by atoms with Gasteiger partial charge in [0.1, 0.15) is 0 Å². The van der Waals surface area contributed by atoms with Gasteiger partial charge in [0, 0.05) is 31.4 Å². The summed E-state index contributed by atoms with van der Waals surface area (Å²) in [6, 6.07) is 1.90. The molecule has 5 heteroatoms. The number of rotatable bonds is 3. The quantitative estimate of drug-likeness (QED) is 0.860. The van der Waals surface area contributed by atoms with Crippen molar-refractivity contribution < 1.29 is 9.59 Å². The standard InChI is InChI=1S/C17H22N2O2S/c20-15-4-7-17(19(15)10-13-2-3-13)6-1-8-18(12-17)16(21)14-5-9-22-11-14/h5,9,11,13H,1-4,6-8,10,12H2/t17-/m0/s1. The lowest BCUT2D eigenvalue weighted by Gasteiger charge is -2.46. The Labute approximate surface area is 135 Å². The molecule has 1 atom stereocenters. The van der Waals surface area contributed by atoms with Crippen LogP contribution in [0.1, 0.15) is 48.9 Å². The lowest BCUT2D eigenvalue weighted by Crippen LogP contribution is -2.58. The van der Waals surface area contributed by atoms with Crippen LogP contribution in [-0.2, 0) is 4.79 Å². The minimum atomic E-state index is -0.0798. The second-order valence-corrected chi connectivity index (χ2v) is 7.79. The smallest absolute Gasteiger partial charge is 0.254 e. The Balaban J connectivity index is 1.53. The van der Waals surface area contributed by atoms with Crippen molar-refractivity contribution in [3.63, 3.8) is 0 Å². The van der Waals surface area contributed by atoms with Crippen molar-refractivity contribution in [2.24, 2.45) is 5.92 Å². The molecule has 2 saturated heterocycles. The summed E-state index contributed by atoms with van der Waals surface area (Å²) in [6.07, 6.45) is 6.16. The van der Waals surface area contributed by atoms with Crippen molar-refractivity contribution in [3.05, 3.63) is 22.4 Å². The van der Waals surface area contributed by atoms with E-state index in [9.17, 15) is 9.59 Å². The van der Waals surface area contributed by atoms with E-state index in [0.717, 1.165) is 44.5 Å². The van der Waals surface area contributed by atoms with Crippen LogP contribution in [0.2, 0.25) is 0 Å². The topological polar surface area (TPSA) is 40.6 Å². The van der Waals surface area contributed by atoms with Crippen LogP contribution in [0.4, 0.5) is 0 Å². The van der Waals surface area contributed by atoms with E-state index < -0.39 is 0 Å². The van der Waals surface area contributed by atoms with Gasteiger partial charge in [-0.25, -0.2) is 0 Å². The number of carbonyl (C=O) groups excluding carboxylic acids is 2. The van der Waals surface area contributed by atoms with Gasteiger partial charge in [-0.1, -0.05) is 0 Å². The molecule has 0 unspecified atom stereocenters. The minimum Gasteiger partial charge on any atom is -0.336 e. The Hall–Kier alpha value is -1.36. The summed E-state index contributed by atoms with van der Waals surface area (Å²) in [5.74, 6) is 1.14. The molecule has 1 aromatic heterocycles. The highest BCUT2D eigenvalue weighted by atomic mass is 32.1. The fraction of sp³-hybridized carbons (Fsp3) is 0.647. The highest BCUT2D eigenvalue weighted by Gasteiger charge is 2.49. The maximum Gasteiger partial charge on any atom is 0.254 e. The van der Waals surface area contributed by atoms with E-state index in [2.05, 4.69) is 4.90 Å². The maximum atomic E-state index is 12.7. The van der Waals surface area contributed by atoms with Gasteiger partial charge in [0.05, 0.1) is 11.1 Å². The molecule has 2 amide bonds. The highest BCUT2D eigenvalue weighted by molar-refractivity contribution is 7.08. The van der Waals surface area contributed by atoms with Crippen LogP contribution in [0.5, 0.6) is 0 Å². The first-order valence-electron chi connectivity index (χ1n) is 8.30. The summed E-state index contributed by atoms with van der Waals surface area (Å²) in [6.45, 7) is 2.46. The van der Waals surface area contributed by atoms with Crippen LogP contribution in [-0.4, -0.2) is 46.8 Å². The second kappa shape index (κ2) is 5.37. The first-order chi connectivity index (χ1) is 10.7. The molecule has 4 nitrogen and oxygen atoms in total. The van der Waals surface area contributed by atoms with Gasteiger partial charge in [-0.05, 0) is 49.5 Å². The van der Waals surface area contributed by atoms with Crippen LogP contribution >= 0.6 is 11.3 Å². The Bertz CT molecular complexity index is 581. The molecule has 3 heterocycles. The molecule has 0 bridgehead atoms. The van der Waals surface area contributed by atoms with Crippen molar-refractivity contribution in [1.82, 2.24) is 9.80 Å². The molecule has 0 radical (unpaired) electrons. The molecule has 1 aromatic rings. The monoisotopic (exact) mass is 318 g/mol. The van der Waals surface area contributed by atoms with Crippen molar-refractivity contribution in [3.8, 4) is 0 Å². The molecule has 1 spiro atoms. The Kier molecular flexibility index (Phi) is 3.48. The number of likely N-dealkylation sites (tertiary alicyclic amines) is 2. The Morgan fingerprint density at radius 1 is 1.36 bits per heavy atom. The molecule has 3 fully saturated rings. The van der Waals surface area contributed by atoms with Crippen molar-refractivity contribution >= 4 is 23.2 Å². The van der Waals surface area contributed by atoms with E-state index in [1.54, 1.807) is 11.3 Å². The number of thiophene rings is 1. The molecule has 118 valence electrons. The lowest BCUT2D eigenvalue weighted by molar-refractivity contribution is -0.132. The van der Waals surface area contributed by atoms with E-state index in [0.29, 0.717) is 18.2 Å². The van der Waals surface area contributed by atoms with Crippen LogP contribution in [0.15, 0.2) is 16.8 Å². The number of hydrogen-bond acceptors (Lipinski definition) is 3. The van der Waals surface area contributed by atoms with Crippen LogP contribution in [0.25, 0.3) is 0 Å². The van der Waals surface area contributed by atoms with Gasteiger partial charge < -0.3 is 9.80 Å². The molecule has 3 aliphatic rings. The first-order valence-corrected chi connectivity index (χ1v) is 9.24. The number of carbonyl (C=O) groups is 2. The molecule has 0 N–H and O–H groups in total. The number of hydrogen-bond donors (Lipinski definition) is 0. The summed E-state index contributed by atoms with van der Waals surface area (Å²) in [4.78, 5) is 29.1. The number of piperidine rings is 1. The summed E-state index contributed by atoms with van der Waals surface area (Å²) in [5, 5.41) is 3.87. The second-order valence-electron chi connectivity index (χ2n) is 7.01. The average Bonchev–Trinajstić information content (AvgIpc) is 3.10. The summed E-state index contributed by atoms with van der Waals surface area (Å²) in [7, 11) is 0. The van der Waals surface area contributed by atoms with E-state index in [1.165, 1.54) is 12.8 Å². The highest BCUT2D eigenvalue weighted by Crippen LogP contribution is 2.41. The molecular formula is C17H22N2O2S. The number of amides is 2. The molecule has 0 aromatic carbocycles. The zero-order valence-electron chi connectivity index (χ0n) is 12.8. The summed E-state index contributed by atoms with van der Waals surface area (Å²) in [5.41, 5.74) is 0.712. The van der Waals surface area contributed by atoms with Gasteiger partial charge in [-0.3, -0.25) is 9.59 Å². The fourth-order valence-corrected chi connectivity index (χ4v) is 4.64. The van der Waals surface area contributed by atoms with Gasteiger partial charge >= 0.3 is 0 Å². The third kappa shape index (κ3) is 2.45. The third-order valence-corrected chi connectivity index (χ3v) is 6.11. The third-order valence-electron chi connectivity index (χ3n) is 5.43. The zero-order chi connectivity index (χ0) is 15.2. The molecule has 2 aliphatic heterocycles. The lowest BCUT2D eigenvalue weighted by atomic mass is 9.86. The molecule has 22 heavy (non-hydrogen) atoms. The van der Waals surface area contributed by atoms with Crippen molar-refractivity contribution in [1.29, 1.82) is 0 Å². The summed E-state index contributed by atoms with van der Waals surface area (Å²) >= 11 is 1.56. The first kappa shape index (κ1) is 14.2. The van der Waals surface area contributed by atoms with Crippen LogP contribution < -0.4 is 0 Å². The zero-order valence-corrected chi connectivity index (χ0v) is 13.6. The van der Waals surface area contributed by atoms with E-state index >= 15 is 0 Å². The normalized spacial score (nSPS) is 28.6. The Morgan fingerprint density at radius 2 is 2.23 bits per heavy atom. The largest absolute Gasteiger partial charge is 0.336 e. The minimum absolute atomic E-state index is 0.0798. The van der Waals surface area contributed by atoms with E-state index in [1.807, 2.05) is 21.7 Å². The number of nitrogens with zero attached hydrogens (tertiary/aromatic N) is 2. The molecule has 1 saturated carbocycles. The van der Waals surface area contributed by atoms with Crippen LogP contribution in [0.3, 0.4) is 0 Å². The van der Waals surface area contributed by atoms with Gasteiger partial charge in [-0.2, -0.15) is 11.3 Å². The van der Waals surface area contributed by atoms with Gasteiger partial charge in [-0.15, -0.1) is 0 Å². The summed E-state index contributed by atoms with van der Waals surface area (Å²) < 4.78 is 0. The van der Waals surface area contributed by atoms with Gasteiger partial charge in [0.15, 0.2) is 0 Å². The van der Waals surface area contributed by atoms with Crippen LogP contribution in [0, 0.1) is 5.92 Å². The average molecular weight is 318 g/mol. The molecule has 4 rings (SSSR count).